The van der Waals surface area contributed by atoms with Gasteiger partial charge in [-0.15, -0.1) is 0 Å². The third-order valence-corrected chi connectivity index (χ3v) is 3.89. The maximum atomic E-state index is 3.59. The van der Waals surface area contributed by atoms with Crippen molar-refractivity contribution < 1.29 is 0 Å². The van der Waals surface area contributed by atoms with Crippen molar-refractivity contribution in [2.24, 2.45) is 11.8 Å². The zero-order chi connectivity index (χ0) is 9.68. The van der Waals surface area contributed by atoms with E-state index in [9.17, 15) is 0 Å². The van der Waals surface area contributed by atoms with E-state index >= 15 is 0 Å². The van der Waals surface area contributed by atoms with Crippen LogP contribution >= 0.6 is 15.9 Å². The van der Waals surface area contributed by atoms with E-state index in [1.807, 2.05) is 0 Å². The van der Waals surface area contributed by atoms with Crippen molar-refractivity contribution in [3.63, 3.8) is 0 Å². The molecule has 0 bridgehead atoms. The molecule has 0 heterocycles. The van der Waals surface area contributed by atoms with E-state index in [1.54, 1.807) is 0 Å². The normalized spacial score (nSPS) is 19.4. The summed E-state index contributed by atoms with van der Waals surface area (Å²) in [6.07, 6.45) is 4.25. The topological polar surface area (TPSA) is 3.24 Å². The third-order valence-electron chi connectivity index (χ3n) is 2.97. The lowest BCUT2D eigenvalue weighted by molar-refractivity contribution is 0.239. The van der Waals surface area contributed by atoms with E-state index in [-0.39, 0.29) is 0 Å². The lowest BCUT2D eigenvalue weighted by Crippen LogP contribution is -2.31. The summed E-state index contributed by atoms with van der Waals surface area (Å²) in [5.41, 5.74) is 0. The second-order valence-corrected chi connectivity index (χ2v) is 4.87. The summed E-state index contributed by atoms with van der Waals surface area (Å²) in [5.74, 6) is 1.88. The highest BCUT2D eigenvalue weighted by atomic mass is 79.9. The molecule has 0 N–H and O–H groups in total. The number of hydrogen-bond acceptors (Lipinski definition) is 1. The molecule has 1 aliphatic carbocycles. The Morgan fingerprint density at radius 1 is 1.38 bits per heavy atom. The monoisotopic (exact) mass is 247 g/mol. The fourth-order valence-electron chi connectivity index (χ4n) is 1.65. The fraction of sp³-hybridized carbons (Fsp3) is 1.00. The van der Waals surface area contributed by atoms with Gasteiger partial charge in [-0.25, -0.2) is 0 Å². The Balaban J connectivity index is 2.19. The Morgan fingerprint density at radius 2 is 2.08 bits per heavy atom. The summed E-state index contributed by atoms with van der Waals surface area (Å²) in [4.78, 5) is 2.62. The Bertz CT molecular complexity index is 130. The second-order valence-electron chi connectivity index (χ2n) is 4.22. The van der Waals surface area contributed by atoms with Crippen molar-refractivity contribution in [3.8, 4) is 0 Å². The summed E-state index contributed by atoms with van der Waals surface area (Å²) < 4.78 is 0. The molecule has 0 aliphatic heterocycles. The smallest absolute Gasteiger partial charge is 0.00717 e. The molecule has 13 heavy (non-hydrogen) atoms. The zero-order valence-corrected chi connectivity index (χ0v) is 10.5. The van der Waals surface area contributed by atoms with E-state index in [1.165, 1.54) is 38.9 Å². The van der Waals surface area contributed by atoms with Gasteiger partial charge in [0.1, 0.15) is 0 Å². The molecule has 2 heteroatoms. The highest BCUT2D eigenvalue weighted by molar-refractivity contribution is 9.09. The zero-order valence-electron chi connectivity index (χ0n) is 8.93. The number of hydrogen-bond donors (Lipinski definition) is 0. The average Bonchev–Trinajstić information content (AvgIpc) is 2.95. The summed E-state index contributed by atoms with van der Waals surface area (Å²) in [7, 11) is 0. The van der Waals surface area contributed by atoms with Crippen LogP contribution in [-0.2, 0) is 0 Å². The predicted molar refractivity (Wildman–Crippen MR) is 62.4 cm³/mol. The van der Waals surface area contributed by atoms with Gasteiger partial charge in [0.25, 0.3) is 0 Å². The summed E-state index contributed by atoms with van der Waals surface area (Å²) in [6, 6.07) is 0. The molecule has 0 radical (unpaired) electrons. The van der Waals surface area contributed by atoms with Crippen LogP contribution in [0.15, 0.2) is 0 Å². The maximum Gasteiger partial charge on any atom is 0.00717 e. The molecule has 0 saturated heterocycles. The molecule has 0 aromatic heterocycles. The van der Waals surface area contributed by atoms with Crippen LogP contribution in [0.1, 0.15) is 33.1 Å². The van der Waals surface area contributed by atoms with Gasteiger partial charge in [0.2, 0.25) is 0 Å². The summed E-state index contributed by atoms with van der Waals surface area (Å²) in [5, 5.41) is 1.16. The average molecular weight is 248 g/mol. The minimum absolute atomic E-state index is 0.846. The molecule has 1 fully saturated rings. The Kier molecular flexibility index (Phi) is 5.34. The van der Waals surface area contributed by atoms with Crippen molar-refractivity contribution in [3.05, 3.63) is 0 Å². The van der Waals surface area contributed by atoms with Gasteiger partial charge in [0.15, 0.2) is 0 Å². The maximum absolute atomic E-state index is 3.59. The van der Waals surface area contributed by atoms with Crippen molar-refractivity contribution >= 4 is 15.9 Å². The second kappa shape index (κ2) is 6.02. The molecule has 1 atom stereocenters. The van der Waals surface area contributed by atoms with Crippen molar-refractivity contribution in [2.45, 2.75) is 33.1 Å². The summed E-state index contributed by atoms with van der Waals surface area (Å²) in [6.45, 7) is 8.43. The summed E-state index contributed by atoms with van der Waals surface area (Å²) >= 11 is 3.59. The van der Waals surface area contributed by atoms with Gasteiger partial charge in [-0.1, -0.05) is 36.2 Å². The van der Waals surface area contributed by atoms with Gasteiger partial charge in [-0.05, 0) is 31.2 Å². The lowest BCUT2D eigenvalue weighted by atomic mass is 10.1. The number of alkyl halides is 1. The van der Waals surface area contributed by atoms with Crippen molar-refractivity contribution in [2.75, 3.05) is 25.0 Å². The standard InChI is InChI=1S/C11H22BrN/c1-3-10(7-12)8-13(4-2)9-11-5-6-11/h10-11H,3-9H2,1-2H3. The minimum Gasteiger partial charge on any atom is -0.303 e. The van der Waals surface area contributed by atoms with Crippen LogP contribution in [0.3, 0.4) is 0 Å². The van der Waals surface area contributed by atoms with Crippen LogP contribution in [-0.4, -0.2) is 29.9 Å². The molecule has 78 valence electrons. The van der Waals surface area contributed by atoms with Crippen LogP contribution < -0.4 is 0 Å². The van der Waals surface area contributed by atoms with Gasteiger partial charge in [-0.3, -0.25) is 0 Å². The molecule has 1 saturated carbocycles. The molecular formula is C11H22BrN. The van der Waals surface area contributed by atoms with Gasteiger partial charge in [-0.2, -0.15) is 0 Å². The van der Waals surface area contributed by atoms with E-state index in [0.717, 1.165) is 17.2 Å². The van der Waals surface area contributed by atoms with Gasteiger partial charge >= 0.3 is 0 Å². The molecule has 0 spiro atoms. The molecular weight excluding hydrogens is 226 g/mol. The lowest BCUT2D eigenvalue weighted by Gasteiger charge is -2.24. The molecule has 1 aliphatic rings. The van der Waals surface area contributed by atoms with E-state index < -0.39 is 0 Å². The molecule has 1 nitrogen and oxygen atoms in total. The fourth-order valence-corrected chi connectivity index (χ4v) is 2.31. The number of nitrogens with zero attached hydrogens (tertiary/aromatic N) is 1. The van der Waals surface area contributed by atoms with Gasteiger partial charge in [0.05, 0.1) is 0 Å². The van der Waals surface area contributed by atoms with Crippen molar-refractivity contribution in [1.29, 1.82) is 0 Å². The van der Waals surface area contributed by atoms with Crippen LogP contribution in [0.4, 0.5) is 0 Å². The first-order valence-electron chi connectivity index (χ1n) is 5.58. The van der Waals surface area contributed by atoms with Crippen LogP contribution in [0.25, 0.3) is 0 Å². The molecule has 0 amide bonds. The quantitative estimate of drug-likeness (QED) is 0.625. The highest BCUT2D eigenvalue weighted by Gasteiger charge is 2.24. The number of rotatable bonds is 7. The Hall–Kier alpha value is 0.440. The predicted octanol–water partition coefficient (Wildman–Crippen LogP) is 3.14. The molecule has 1 rings (SSSR count). The Labute approximate surface area is 91.0 Å². The largest absolute Gasteiger partial charge is 0.303 e. The first-order chi connectivity index (χ1) is 6.30. The molecule has 1 unspecified atom stereocenters. The van der Waals surface area contributed by atoms with Crippen LogP contribution in [0.2, 0.25) is 0 Å². The van der Waals surface area contributed by atoms with E-state index in [0.29, 0.717) is 0 Å². The van der Waals surface area contributed by atoms with E-state index in [2.05, 4.69) is 34.7 Å². The first kappa shape index (κ1) is 11.5. The molecule has 0 aromatic carbocycles. The highest BCUT2D eigenvalue weighted by Crippen LogP contribution is 2.29. The van der Waals surface area contributed by atoms with E-state index in [4.69, 9.17) is 0 Å². The van der Waals surface area contributed by atoms with Crippen LogP contribution in [0.5, 0.6) is 0 Å². The first-order valence-corrected chi connectivity index (χ1v) is 6.70. The minimum atomic E-state index is 0.846. The SMILES string of the molecule is CCC(CBr)CN(CC)CC1CC1. The van der Waals surface area contributed by atoms with Gasteiger partial charge in [0, 0.05) is 18.4 Å². The van der Waals surface area contributed by atoms with Crippen molar-refractivity contribution in [1.82, 2.24) is 4.90 Å². The van der Waals surface area contributed by atoms with Crippen LogP contribution in [0, 0.1) is 11.8 Å². The molecule has 0 aromatic rings. The Morgan fingerprint density at radius 3 is 2.46 bits per heavy atom. The van der Waals surface area contributed by atoms with Gasteiger partial charge < -0.3 is 4.90 Å². The third kappa shape index (κ3) is 4.46. The number of halogens is 1.